The molecule has 2 fully saturated rings. The van der Waals surface area contributed by atoms with Crippen LogP contribution >= 0.6 is 23.2 Å². The summed E-state index contributed by atoms with van der Waals surface area (Å²) in [6.07, 6.45) is 10.3. The summed E-state index contributed by atoms with van der Waals surface area (Å²) in [7, 11) is 1.88. The van der Waals surface area contributed by atoms with E-state index in [0.717, 1.165) is 37.8 Å². The van der Waals surface area contributed by atoms with Crippen LogP contribution in [0.2, 0.25) is 10.0 Å². The van der Waals surface area contributed by atoms with Gasteiger partial charge in [-0.05, 0) is 49.3 Å². The molecular formula is C28H37Cl2N5O4. The van der Waals surface area contributed by atoms with Gasteiger partial charge in [0.1, 0.15) is 6.04 Å². The monoisotopic (exact) mass is 577 g/mol. The molecule has 0 radical (unpaired) electrons. The first-order valence-corrected chi connectivity index (χ1v) is 14.4. The van der Waals surface area contributed by atoms with E-state index in [1.54, 1.807) is 29.4 Å². The standard InChI is InChI=1S/C28H37Cl2N5O4/c1-34-17-22(32-18-34)9-12-31-27(39)33-24(15-19-7-8-21(29)16-23(19)30)25(36)35-13-10-28(11-14-35,26(37)38)20-5-3-2-4-6-20/h7-8,16-18,20,24H,2-6,9-15H2,1H3,(H,37,38)(H2,31,33,39)/t24-/m1/s1. The van der Waals surface area contributed by atoms with Crippen LogP contribution in [0.5, 0.6) is 0 Å². The summed E-state index contributed by atoms with van der Waals surface area (Å²) >= 11 is 12.5. The molecule has 2 heterocycles. The van der Waals surface area contributed by atoms with Crippen molar-refractivity contribution in [3.8, 4) is 0 Å². The maximum absolute atomic E-state index is 13.7. The van der Waals surface area contributed by atoms with Gasteiger partial charge < -0.3 is 25.2 Å². The van der Waals surface area contributed by atoms with Gasteiger partial charge in [-0.2, -0.15) is 0 Å². The predicted molar refractivity (Wildman–Crippen MR) is 150 cm³/mol. The second-order valence-electron chi connectivity index (χ2n) is 10.8. The number of hydrogen-bond donors (Lipinski definition) is 3. The van der Waals surface area contributed by atoms with Gasteiger partial charge in [0, 0.05) is 55.8 Å². The third-order valence-corrected chi connectivity index (χ3v) is 8.83. The molecular weight excluding hydrogens is 541 g/mol. The highest BCUT2D eigenvalue weighted by Crippen LogP contribution is 2.46. The number of carbonyl (C=O) groups excluding carboxylic acids is 2. The van der Waals surface area contributed by atoms with Gasteiger partial charge in [-0.1, -0.05) is 48.5 Å². The van der Waals surface area contributed by atoms with Gasteiger partial charge in [-0.3, -0.25) is 9.59 Å². The number of carbonyl (C=O) groups is 3. The van der Waals surface area contributed by atoms with Gasteiger partial charge in [0.2, 0.25) is 5.91 Å². The number of urea groups is 1. The zero-order valence-corrected chi connectivity index (χ0v) is 23.8. The molecule has 1 saturated carbocycles. The molecule has 1 aliphatic heterocycles. The average Bonchev–Trinajstić information content (AvgIpc) is 3.34. The summed E-state index contributed by atoms with van der Waals surface area (Å²) in [4.78, 5) is 44.9. The van der Waals surface area contributed by atoms with Crippen LogP contribution in [0.3, 0.4) is 0 Å². The molecule has 1 aromatic heterocycles. The average molecular weight is 579 g/mol. The molecule has 2 aliphatic rings. The van der Waals surface area contributed by atoms with Crippen molar-refractivity contribution in [2.45, 2.75) is 63.8 Å². The number of amides is 3. The van der Waals surface area contributed by atoms with E-state index in [9.17, 15) is 19.5 Å². The quantitative estimate of drug-likeness (QED) is 0.407. The Hall–Kier alpha value is -2.78. The van der Waals surface area contributed by atoms with E-state index in [2.05, 4.69) is 15.6 Å². The van der Waals surface area contributed by atoms with Crippen molar-refractivity contribution in [1.29, 1.82) is 0 Å². The lowest BCUT2D eigenvalue weighted by Gasteiger charge is -2.45. The van der Waals surface area contributed by atoms with E-state index in [4.69, 9.17) is 23.2 Å². The maximum atomic E-state index is 13.7. The topological polar surface area (TPSA) is 117 Å². The highest BCUT2D eigenvalue weighted by molar-refractivity contribution is 6.35. The van der Waals surface area contributed by atoms with Crippen molar-refractivity contribution in [2.75, 3.05) is 19.6 Å². The third kappa shape index (κ3) is 7.25. The number of hydrogen-bond acceptors (Lipinski definition) is 4. The second-order valence-corrected chi connectivity index (χ2v) is 11.6. The zero-order valence-electron chi connectivity index (χ0n) is 22.3. The third-order valence-electron chi connectivity index (χ3n) is 8.25. The number of nitrogens with zero attached hydrogens (tertiary/aromatic N) is 3. The Morgan fingerprint density at radius 3 is 2.49 bits per heavy atom. The van der Waals surface area contributed by atoms with Crippen LogP contribution in [-0.4, -0.2) is 63.1 Å². The van der Waals surface area contributed by atoms with Gasteiger partial charge in [-0.25, -0.2) is 9.78 Å². The molecule has 3 N–H and O–H groups in total. The summed E-state index contributed by atoms with van der Waals surface area (Å²) in [5, 5.41) is 16.7. The zero-order chi connectivity index (χ0) is 28.0. The number of imidazole rings is 1. The molecule has 1 aliphatic carbocycles. The van der Waals surface area contributed by atoms with Gasteiger partial charge in [0.05, 0.1) is 17.4 Å². The summed E-state index contributed by atoms with van der Waals surface area (Å²) in [6, 6.07) is 3.72. The molecule has 9 nitrogen and oxygen atoms in total. The van der Waals surface area contributed by atoms with Crippen molar-refractivity contribution < 1.29 is 19.5 Å². The molecule has 2 aromatic rings. The molecule has 39 heavy (non-hydrogen) atoms. The number of carboxylic acids is 1. The number of piperidine rings is 1. The maximum Gasteiger partial charge on any atom is 0.315 e. The molecule has 1 aromatic carbocycles. The number of halogens is 2. The largest absolute Gasteiger partial charge is 0.481 e. The van der Waals surface area contributed by atoms with Crippen LogP contribution in [0.4, 0.5) is 4.79 Å². The number of nitrogens with one attached hydrogen (secondary N) is 2. The minimum atomic E-state index is -0.870. The Morgan fingerprint density at radius 2 is 1.87 bits per heavy atom. The minimum absolute atomic E-state index is 0.146. The first-order valence-electron chi connectivity index (χ1n) is 13.7. The lowest BCUT2D eigenvalue weighted by molar-refractivity contribution is -0.160. The van der Waals surface area contributed by atoms with Crippen molar-refractivity contribution in [1.82, 2.24) is 25.1 Å². The van der Waals surface area contributed by atoms with Crippen molar-refractivity contribution >= 4 is 41.1 Å². The van der Waals surface area contributed by atoms with E-state index in [1.165, 1.54) is 0 Å². The van der Waals surface area contributed by atoms with Crippen LogP contribution in [-0.2, 0) is 29.5 Å². The molecule has 1 saturated heterocycles. The summed E-state index contributed by atoms with van der Waals surface area (Å²) in [5.41, 5.74) is 0.751. The van der Waals surface area contributed by atoms with Gasteiger partial charge in [0.25, 0.3) is 0 Å². The molecule has 0 bridgehead atoms. The number of rotatable bonds is 9. The second kappa shape index (κ2) is 13.0. The van der Waals surface area contributed by atoms with Crippen LogP contribution < -0.4 is 10.6 Å². The minimum Gasteiger partial charge on any atom is -0.481 e. The Balaban J connectivity index is 1.43. The van der Waals surface area contributed by atoms with Crippen LogP contribution in [0.25, 0.3) is 0 Å². The molecule has 3 amide bonds. The van der Waals surface area contributed by atoms with Crippen LogP contribution in [0.1, 0.15) is 56.2 Å². The van der Waals surface area contributed by atoms with Crippen molar-refractivity contribution in [2.24, 2.45) is 18.4 Å². The number of aromatic nitrogens is 2. The smallest absolute Gasteiger partial charge is 0.315 e. The van der Waals surface area contributed by atoms with Gasteiger partial charge >= 0.3 is 12.0 Å². The van der Waals surface area contributed by atoms with Crippen LogP contribution in [0, 0.1) is 11.3 Å². The normalized spacial score (nSPS) is 18.4. The van der Waals surface area contributed by atoms with Crippen molar-refractivity contribution in [3.63, 3.8) is 0 Å². The summed E-state index contributed by atoms with van der Waals surface area (Å²) < 4.78 is 1.84. The Morgan fingerprint density at radius 1 is 1.15 bits per heavy atom. The fraction of sp³-hybridized carbons (Fsp3) is 0.571. The van der Waals surface area contributed by atoms with E-state index in [1.807, 2.05) is 17.8 Å². The number of likely N-dealkylation sites (tertiary alicyclic amines) is 1. The van der Waals surface area contributed by atoms with Crippen molar-refractivity contribution in [3.05, 3.63) is 52.0 Å². The molecule has 212 valence electrons. The number of aliphatic carboxylic acids is 1. The first kappa shape index (κ1) is 29.2. The number of aryl methyl sites for hydroxylation is 1. The van der Waals surface area contributed by atoms with Gasteiger partial charge in [0.15, 0.2) is 0 Å². The highest BCUT2D eigenvalue weighted by Gasteiger charge is 2.48. The Kier molecular flexibility index (Phi) is 9.77. The van der Waals surface area contributed by atoms with E-state index < -0.39 is 23.5 Å². The van der Waals surface area contributed by atoms with E-state index >= 15 is 0 Å². The van der Waals surface area contributed by atoms with E-state index in [-0.39, 0.29) is 18.2 Å². The van der Waals surface area contributed by atoms with Gasteiger partial charge in [-0.15, -0.1) is 0 Å². The fourth-order valence-electron chi connectivity index (χ4n) is 6.02. The fourth-order valence-corrected chi connectivity index (χ4v) is 6.50. The number of benzene rings is 1. The first-order chi connectivity index (χ1) is 18.7. The lowest BCUT2D eigenvalue weighted by atomic mass is 9.64. The predicted octanol–water partition coefficient (Wildman–Crippen LogP) is 4.45. The Bertz CT molecular complexity index is 1170. The molecule has 4 rings (SSSR count). The molecule has 1 atom stereocenters. The SMILES string of the molecule is Cn1cnc(CCNC(=O)N[C@H](Cc2ccc(Cl)cc2Cl)C(=O)N2CCC(C(=O)O)(C3CCCCC3)CC2)c1. The highest BCUT2D eigenvalue weighted by atomic mass is 35.5. The number of carboxylic acid groups (broad SMARTS) is 1. The summed E-state index contributed by atoms with van der Waals surface area (Å²) in [6.45, 7) is 1.04. The summed E-state index contributed by atoms with van der Waals surface area (Å²) in [5.74, 6) is -0.854. The Labute approximate surface area is 239 Å². The van der Waals surface area contributed by atoms with E-state index in [0.29, 0.717) is 54.5 Å². The molecule has 0 unspecified atom stereocenters. The lowest BCUT2D eigenvalue weighted by Crippen LogP contribution is -2.56. The molecule has 11 heteroatoms. The van der Waals surface area contributed by atoms with Crippen LogP contribution in [0.15, 0.2) is 30.7 Å². The molecule has 0 spiro atoms.